The molecule has 0 spiro atoms. The lowest BCUT2D eigenvalue weighted by molar-refractivity contribution is -0.133. The molecule has 1 aliphatic heterocycles. The minimum atomic E-state index is -0.335. The molecule has 2 amide bonds. The van der Waals surface area contributed by atoms with Crippen molar-refractivity contribution in [2.75, 3.05) is 6.54 Å². The van der Waals surface area contributed by atoms with Crippen LogP contribution in [0.3, 0.4) is 0 Å². The first-order valence-corrected chi connectivity index (χ1v) is 6.27. The van der Waals surface area contributed by atoms with Crippen molar-refractivity contribution < 1.29 is 9.59 Å². The molecule has 5 nitrogen and oxygen atoms in total. The Morgan fingerprint density at radius 3 is 2.56 bits per heavy atom. The Bertz CT molecular complexity index is 295. The highest BCUT2D eigenvalue weighted by atomic mass is 35.5. The molecule has 1 heterocycles. The zero-order valence-corrected chi connectivity index (χ0v) is 12.1. The summed E-state index contributed by atoms with van der Waals surface area (Å²) >= 11 is 0. The van der Waals surface area contributed by atoms with Gasteiger partial charge in [-0.3, -0.25) is 9.59 Å². The minimum absolute atomic E-state index is 0. The monoisotopic (exact) mass is 277 g/mol. The Balaban J connectivity index is 0.00000289. The third kappa shape index (κ3) is 4.82. The van der Waals surface area contributed by atoms with Crippen LogP contribution in [0.2, 0.25) is 0 Å². The van der Waals surface area contributed by atoms with Crippen LogP contribution in [0.4, 0.5) is 0 Å². The number of carbonyl (C=O) groups excluding carboxylic acids is 2. The highest BCUT2D eigenvalue weighted by Gasteiger charge is 2.33. The number of nitrogens with two attached hydrogens (primary N) is 1. The second kappa shape index (κ2) is 7.59. The molecule has 0 radical (unpaired) electrons. The van der Waals surface area contributed by atoms with Gasteiger partial charge in [-0.15, -0.1) is 12.4 Å². The predicted molar refractivity (Wildman–Crippen MR) is 73.5 cm³/mol. The number of halogens is 1. The fourth-order valence-electron chi connectivity index (χ4n) is 1.97. The second-order valence-electron chi connectivity index (χ2n) is 5.05. The first-order valence-electron chi connectivity index (χ1n) is 6.27. The summed E-state index contributed by atoms with van der Waals surface area (Å²) in [6.45, 7) is 6.57. The van der Waals surface area contributed by atoms with Crippen LogP contribution in [0.5, 0.6) is 0 Å². The van der Waals surface area contributed by atoms with E-state index in [1.165, 1.54) is 0 Å². The summed E-state index contributed by atoms with van der Waals surface area (Å²) in [7, 11) is 0. The molecule has 1 aliphatic rings. The van der Waals surface area contributed by atoms with E-state index >= 15 is 0 Å². The second-order valence-corrected chi connectivity index (χ2v) is 5.05. The summed E-state index contributed by atoms with van der Waals surface area (Å²) in [5.74, 6) is -0.0413. The highest BCUT2D eigenvalue weighted by molar-refractivity contribution is 5.89. The topological polar surface area (TPSA) is 75.4 Å². The van der Waals surface area contributed by atoms with Crippen LogP contribution in [0.1, 0.15) is 40.0 Å². The standard InChI is InChI=1S/C12H23N3O2.ClH/c1-8(2)15-7-6-10(12(15)17)14-11(16)5-4-9(3)13;/h8-10H,4-7,13H2,1-3H3,(H,14,16);1H. The largest absolute Gasteiger partial charge is 0.344 e. The lowest BCUT2D eigenvalue weighted by Crippen LogP contribution is -2.43. The van der Waals surface area contributed by atoms with Gasteiger partial charge in [-0.1, -0.05) is 0 Å². The van der Waals surface area contributed by atoms with Crippen molar-refractivity contribution >= 4 is 24.2 Å². The number of likely N-dealkylation sites (tertiary alicyclic amines) is 1. The van der Waals surface area contributed by atoms with Gasteiger partial charge in [0.25, 0.3) is 0 Å². The lowest BCUT2D eigenvalue weighted by Gasteiger charge is -2.21. The van der Waals surface area contributed by atoms with Crippen LogP contribution < -0.4 is 11.1 Å². The molecule has 0 aromatic carbocycles. The molecule has 2 atom stereocenters. The summed E-state index contributed by atoms with van der Waals surface area (Å²) in [6, 6.07) is -0.112. The molecule has 18 heavy (non-hydrogen) atoms. The Hall–Kier alpha value is -0.810. The van der Waals surface area contributed by atoms with Crippen molar-refractivity contribution in [2.24, 2.45) is 5.73 Å². The highest BCUT2D eigenvalue weighted by Crippen LogP contribution is 2.14. The Morgan fingerprint density at radius 1 is 1.50 bits per heavy atom. The number of nitrogens with zero attached hydrogens (tertiary/aromatic N) is 1. The molecule has 6 heteroatoms. The summed E-state index contributed by atoms with van der Waals surface area (Å²) in [5, 5.41) is 2.78. The van der Waals surface area contributed by atoms with Gasteiger partial charge in [0.05, 0.1) is 0 Å². The molecular weight excluding hydrogens is 254 g/mol. The molecule has 1 saturated heterocycles. The van der Waals surface area contributed by atoms with E-state index in [1.807, 2.05) is 20.8 Å². The first kappa shape index (κ1) is 17.2. The maximum absolute atomic E-state index is 11.9. The Labute approximate surface area is 115 Å². The number of rotatable bonds is 5. The predicted octanol–water partition coefficient (Wildman–Crippen LogP) is 0.661. The summed E-state index contributed by atoms with van der Waals surface area (Å²) in [5.41, 5.74) is 5.58. The Kier molecular flexibility index (Phi) is 7.25. The van der Waals surface area contributed by atoms with E-state index in [-0.39, 0.29) is 42.3 Å². The SMILES string of the molecule is CC(N)CCC(=O)NC1CCN(C(C)C)C1=O.Cl. The third-order valence-corrected chi connectivity index (χ3v) is 3.03. The molecule has 106 valence electrons. The molecular formula is C12H24ClN3O2. The van der Waals surface area contributed by atoms with Crippen molar-refractivity contribution in [3.63, 3.8) is 0 Å². The molecule has 1 fully saturated rings. The van der Waals surface area contributed by atoms with Crippen molar-refractivity contribution in [3.05, 3.63) is 0 Å². The van der Waals surface area contributed by atoms with Gasteiger partial charge in [-0.05, 0) is 33.6 Å². The number of nitrogens with one attached hydrogen (secondary N) is 1. The van der Waals surface area contributed by atoms with Crippen molar-refractivity contribution in [3.8, 4) is 0 Å². The van der Waals surface area contributed by atoms with Crippen LogP contribution in [-0.2, 0) is 9.59 Å². The van der Waals surface area contributed by atoms with E-state index in [4.69, 9.17) is 5.73 Å². The normalized spacial score (nSPS) is 20.8. The molecule has 0 bridgehead atoms. The van der Waals surface area contributed by atoms with E-state index in [1.54, 1.807) is 4.90 Å². The van der Waals surface area contributed by atoms with Gasteiger partial charge >= 0.3 is 0 Å². The average molecular weight is 278 g/mol. The first-order chi connectivity index (χ1) is 7.91. The zero-order chi connectivity index (χ0) is 13.0. The molecule has 0 saturated carbocycles. The fraction of sp³-hybridized carbons (Fsp3) is 0.833. The number of carbonyl (C=O) groups is 2. The average Bonchev–Trinajstić information content (AvgIpc) is 2.58. The number of hydrogen-bond donors (Lipinski definition) is 2. The van der Waals surface area contributed by atoms with Gasteiger partial charge in [0.1, 0.15) is 6.04 Å². The van der Waals surface area contributed by atoms with Crippen LogP contribution in [0, 0.1) is 0 Å². The molecule has 3 N–H and O–H groups in total. The van der Waals surface area contributed by atoms with Crippen LogP contribution in [0.25, 0.3) is 0 Å². The lowest BCUT2D eigenvalue weighted by atomic mass is 10.1. The van der Waals surface area contributed by atoms with Gasteiger partial charge in [-0.2, -0.15) is 0 Å². The van der Waals surface area contributed by atoms with E-state index in [0.29, 0.717) is 19.3 Å². The summed E-state index contributed by atoms with van der Waals surface area (Å²) in [4.78, 5) is 25.3. The van der Waals surface area contributed by atoms with Gasteiger partial charge in [0.2, 0.25) is 11.8 Å². The minimum Gasteiger partial charge on any atom is -0.344 e. The van der Waals surface area contributed by atoms with Gasteiger partial charge in [-0.25, -0.2) is 0 Å². The van der Waals surface area contributed by atoms with Crippen molar-refractivity contribution in [1.29, 1.82) is 0 Å². The number of amides is 2. The zero-order valence-electron chi connectivity index (χ0n) is 11.3. The van der Waals surface area contributed by atoms with Gasteiger partial charge in [0, 0.05) is 25.0 Å². The van der Waals surface area contributed by atoms with E-state index in [2.05, 4.69) is 5.32 Å². The quantitative estimate of drug-likeness (QED) is 0.775. The maximum Gasteiger partial charge on any atom is 0.245 e. The molecule has 2 unspecified atom stereocenters. The van der Waals surface area contributed by atoms with Gasteiger partial charge < -0.3 is 16.0 Å². The fourth-order valence-corrected chi connectivity index (χ4v) is 1.97. The molecule has 0 aromatic heterocycles. The third-order valence-electron chi connectivity index (χ3n) is 3.03. The summed E-state index contributed by atoms with van der Waals surface area (Å²) in [6.07, 6.45) is 1.75. The van der Waals surface area contributed by atoms with E-state index in [0.717, 1.165) is 6.54 Å². The smallest absolute Gasteiger partial charge is 0.245 e. The molecule has 1 rings (SSSR count). The van der Waals surface area contributed by atoms with Crippen LogP contribution in [-0.4, -0.2) is 41.4 Å². The van der Waals surface area contributed by atoms with Crippen molar-refractivity contribution in [1.82, 2.24) is 10.2 Å². The van der Waals surface area contributed by atoms with Gasteiger partial charge in [0.15, 0.2) is 0 Å². The van der Waals surface area contributed by atoms with Crippen molar-refractivity contribution in [2.45, 2.75) is 58.2 Å². The number of hydrogen-bond acceptors (Lipinski definition) is 3. The summed E-state index contributed by atoms with van der Waals surface area (Å²) < 4.78 is 0. The van der Waals surface area contributed by atoms with E-state index in [9.17, 15) is 9.59 Å². The molecule has 0 aromatic rings. The maximum atomic E-state index is 11.9. The Morgan fingerprint density at radius 2 is 2.11 bits per heavy atom. The van der Waals surface area contributed by atoms with Crippen LogP contribution in [0.15, 0.2) is 0 Å². The molecule has 0 aliphatic carbocycles. The van der Waals surface area contributed by atoms with Crippen LogP contribution >= 0.6 is 12.4 Å². The van der Waals surface area contributed by atoms with E-state index < -0.39 is 0 Å².